The van der Waals surface area contributed by atoms with Gasteiger partial charge in [0.25, 0.3) is 0 Å². The average molecular weight is 332 g/mol. The first-order chi connectivity index (χ1) is 11.6. The van der Waals surface area contributed by atoms with Crippen molar-refractivity contribution in [3.63, 3.8) is 0 Å². The standard InChI is InChI=1S/C17H24N4O3/c1-3-11(20-17(23)24-2)16(22)21-10-6-9-14(21)15-18-12-7-4-5-8-13(12)19-15/h7-8,11,14H,3-6,9-10H2,1-2H3,(H,18,19)(H,20,23)/t11-,14-/m0/s1. The Kier molecular flexibility index (Phi) is 4.87. The number of aromatic nitrogens is 2. The molecule has 0 spiro atoms. The third-order valence-electron chi connectivity index (χ3n) is 4.67. The summed E-state index contributed by atoms with van der Waals surface area (Å²) in [5, 5.41) is 4.65. The number of nitrogens with zero attached hydrogens (tertiary/aromatic N) is 2. The fourth-order valence-corrected chi connectivity index (χ4v) is 3.39. The third kappa shape index (κ3) is 3.16. The van der Waals surface area contributed by atoms with E-state index in [9.17, 15) is 9.59 Å². The highest BCUT2D eigenvalue weighted by Crippen LogP contribution is 2.30. The number of rotatable bonds is 4. The second-order valence-corrected chi connectivity index (χ2v) is 6.19. The lowest BCUT2D eigenvalue weighted by molar-refractivity contribution is -0.134. The molecule has 1 aliphatic heterocycles. The molecule has 1 aromatic heterocycles. The molecule has 0 radical (unpaired) electrons. The SMILES string of the molecule is CC[C@H](NC(=O)OC)C(=O)N1CCC[C@H]1c1nc2c([nH]1)=CCCC=2. The Bertz CT molecular complexity index is 706. The molecular weight excluding hydrogens is 308 g/mol. The van der Waals surface area contributed by atoms with Crippen molar-refractivity contribution in [2.75, 3.05) is 13.7 Å². The van der Waals surface area contributed by atoms with Crippen LogP contribution in [0.25, 0.3) is 12.2 Å². The van der Waals surface area contributed by atoms with Crippen molar-refractivity contribution in [3.8, 4) is 0 Å². The van der Waals surface area contributed by atoms with Crippen LogP contribution >= 0.6 is 0 Å². The molecule has 1 fully saturated rings. The quantitative estimate of drug-likeness (QED) is 0.843. The number of H-pyrrole nitrogens is 1. The predicted molar refractivity (Wildman–Crippen MR) is 89.3 cm³/mol. The molecule has 24 heavy (non-hydrogen) atoms. The average Bonchev–Trinajstić information content (AvgIpc) is 3.24. The fourth-order valence-electron chi connectivity index (χ4n) is 3.39. The number of alkyl carbamates (subject to hydrolysis) is 1. The predicted octanol–water partition coefficient (Wildman–Crippen LogP) is 0.563. The van der Waals surface area contributed by atoms with E-state index < -0.39 is 12.1 Å². The first kappa shape index (κ1) is 16.5. The highest BCUT2D eigenvalue weighted by Gasteiger charge is 2.35. The van der Waals surface area contributed by atoms with E-state index in [1.165, 1.54) is 7.11 Å². The van der Waals surface area contributed by atoms with Crippen LogP contribution in [0.1, 0.15) is 50.9 Å². The number of nitrogens with one attached hydrogen (secondary N) is 2. The number of ether oxygens (including phenoxy) is 1. The van der Waals surface area contributed by atoms with E-state index in [1.807, 2.05) is 11.8 Å². The van der Waals surface area contributed by atoms with E-state index in [2.05, 4.69) is 32.2 Å². The second kappa shape index (κ2) is 7.07. The second-order valence-electron chi connectivity index (χ2n) is 6.19. The van der Waals surface area contributed by atoms with Crippen molar-refractivity contribution < 1.29 is 14.3 Å². The molecule has 2 N–H and O–H groups in total. The summed E-state index contributed by atoms with van der Waals surface area (Å²) >= 11 is 0. The van der Waals surface area contributed by atoms with Crippen LogP contribution < -0.4 is 16.0 Å². The molecule has 3 rings (SSSR count). The van der Waals surface area contributed by atoms with E-state index in [-0.39, 0.29) is 11.9 Å². The normalized spacial score (nSPS) is 20.6. The van der Waals surface area contributed by atoms with Crippen molar-refractivity contribution in [2.24, 2.45) is 0 Å². The summed E-state index contributed by atoms with van der Waals surface area (Å²) in [6.07, 6.45) is 8.06. The van der Waals surface area contributed by atoms with Crippen molar-refractivity contribution in [1.29, 1.82) is 0 Å². The van der Waals surface area contributed by atoms with Gasteiger partial charge in [-0.3, -0.25) is 4.79 Å². The van der Waals surface area contributed by atoms with Gasteiger partial charge in [0.05, 0.1) is 23.8 Å². The summed E-state index contributed by atoms with van der Waals surface area (Å²) in [6, 6.07) is -0.626. The van der Waals surface area contributed by atoms with Crippen LogP contribution in [-0.2, 0) is 9.53 Å². The molecule has 0 aromatic carbocycles. The maximum Gasteiger partial charge on any atom is 0.407 e. The highest BCUT2D eigenvalue weighted by atomic mass is 16.5. The van der Waals surface area contributed by atoms with Gasteiger partial charge in [0.15, 0.2) is 0 Å². The third-order valence-corrected chi connectivity index (χ3v) is 4.67. The minimum absolute atomic E-state index is 0.0570. The molecule has 2 aliphatic rings. The number of aromatic amines is 1. The number of likely N-dealkylation sites (tertiary alicyclic amines) is 1. The first-order valence-corrected chi connectivity index (χ1v) is 8.55. The number of hydrogen-bond donors (Lipinski definition) is 2. The summed E-state index contributed by atoms with van der Waals surface area (Å²) < 4.78 is 4.61. The van der Waals surface area contributed by atoms with Crippen LogP contribution in [0.3, 0.4) is 0 Å². The maximum atomic E-state index is 12.9. The van der Waals surface area contributed by atoms with Crippen molar-refractivity contribution >= 4 is 24.2 Å². The Morgan fingerprint density at radius 3 is 2.96 bits per heavy atom. The highest BCUT2D eigenvalue weighted by molar-refractivity contribution is 5.86. The van der Waals surface area contributed by atoms with Gasteiger partial charge < -0.3 is 19.9 Å². The van der Waals surface area contributed by atoms with Gasteiger partial charge in [0, 0.05) is 6.54 Å². The minimum Gasteiger partial charge on any atom is -0.453 e. The summed E-state index contributed by atoms with van der Waals surface area (Å²) in [5.74, 6) is 0.765. The summed E-state index contributed by atoms with van der Waals surface area (Å²) in [7, 11) is 1.30. The van der Waals surface area contributed by atoms with Crippen LogP contribution in [0, 0.1) is 0 Å². The van der Waals surface area contributed by atoms with E-state index >= 15 is 0 Å². The molecule has 1 aliphatic carbocycles. The molecule has 7 nitrogen and oxygen atoms in total. The number of carbonyl (C=O) groups is 2. The molecule has 2 amide bonds. The lowest BCUT2D eigenvalue weighted by atomic mass is 10.1. The minimum atomic E-state index is -0.580. The van der Waals surface area contributed by atoms with Crippen LogP contribution in [0.5, 0.6) is 0 Å². The molecule has 1 saturated heterocycles. The van der Waals surface area contributed by atoms with Gasteiger partial charge in [-0.25, -0.2) is 9.78 Å². The lowest BCUT2D eigenvalue weighted by Crippen LogP contribution is -2.48. The van der Waals surface area contributed by atoms with Gasteiger partial charge in [-0.05, 0) is 32.1 Å². The van der Waals surface area contributed by atoms with Crippen LogP contribution in [0.4, 0.5) is 4.79 Å². The van der Waals surface area contributed by atoms with Gasteiger partial charge in [-0.15, -0.1) is 0 Å². The molecule has 7 heteroatoms. The summed E-state index contributed by atoms with van der Waals surface area (Å²) in [6.45, 7) is 2.56. The molecule has 130 valence electrons. The van der Waals surface area contributed by atoms with E-state index in [0.717, 1.165) is 42.2 Å². The molecule has 2 atom stereocenters. The van der Waals surface area contributed by atoms with Gasteiger partial charge in [0.1, 0.15) is 11.9 Å². The zero-order chi connectivity index (χ0) is 17.1. The Labute approximate surface area is 140 Å². The number of carbonyl (C=O) groups excluding carboxylic acids is 2. The molecule has 1 aromatic rings. The van der Waals surface area contributed by atoms with Crippen LogP contribution in [0.15, 0.2) is 0 Å². The Morgan fingerprint density at radius 1 is 1.46 bits per heavy atom. The number of hydrogen-bond acceptors (Lipinski definition) is 4. The van der Waals surface area contributed by atoms with E-state index in [0.29, 0.717) is 13.0 Å². The topological polar surface area (TPSA) is 87.3 Å². The summed E-state index contributed by atoms with van der Waals surface area (Å²) in [4.78, 5) is 34.2. The van der Waals surface area contributed by atoms with Crippen molar-refractivity contribution in [1.82, 2.24) is 20.2 Å². The number of methoxy groups -OCH3 is 1. The summed E-state index contributed by atoms with van der Waals surface area (Å²) in [5.41, 5.74) is 0. The van der Waals surface area contributed by atoms with Gasteiger partial charge in [-0.1, -0.05) is 19.1 Å². The fraction of sp³-hybridized carbons (Fsp3) is 0.588. The number of imidazole rings is 1. The zero-order valence-electron chi connectivity index (χ0n) is 14.2. The molecular formula is C17H24N4O3. The number of fused-ring (bicyclic) bond motifs is 1. The van der Waals surface area contributed by atoms with E-state index in [1.54, 1.807) is 0 Å². The Hall–Kier alpha value is -2.31. The van der Waals surface area contributed by atoms with Gasteiger partial charge >= 0.3 is 6.09 Å². The first-order valence-electron chi connectivity index (χ1n) is 8.55. The monoisotopic (exact) mass is 332 g/mol. The smallest absolute Gasteiger partial charge is 0.407 e. The number of amides is 2. The molecule has 0 saturated carbocycles. The van der Waals surface area contributed by atoms with Crippen LogP contribution in [-0.4, -0.2) is 46.6 Å². The Morgan fingerprint density at radius 2 is 2.25 bits per heavy atom. The largest absolute Gasteiger partial charge is 0.453 e. The van der Waals surface area contributed by atoms with Crippen molar-refractivity contribution in [3.05, 3.63) is 16.5 Å². The lowest BCUT2D eigenvalue weighted by Gasteiger charge is -2.27. The zero-order valence-corrected chi connectivity index (χ0v) is 14.2. The van der Waals surface area contributed by atoms with Crippen molar-refractivity contribution in [2.45, 2.75) is 51.1 Å². The molecule has 2 heterocycles. The van der Waals surface area contributed by atoms with Gasteiger partial charge in [-0.2, -0.15) is 0 Å². The van der Waals surface area contributed by atoms with Gasteiger partial charge in [0.2, 0.25) is 5.91 Å². The molecule has 0 bridgehead atoms. The van der Waals surface area contributed by atoms with Crippen LogP contribution in [0.2, 0.25) is 0 Å². The Balaban J connectivity index is 1.81. The molecule has 0 unspecified atom stereocenters. The maximum absolute atomic E-state index is 12.9. The van der Waals surface area contributed by atoms with E-state index in [4.69, 9.17) is 0 Å².